The van der Waals surface area contributed by atoms with Crippen molar-refractivity contribution in [1.29, 1.82) is 0 Å². The highest BCUT2D eigenvalue weighted by molar-refractivity contribution is 5.02. The third-order valence-corrected chi connectivity index (χ3v) is 2.08. The van der Waals surface area contributed by atoms with Gasteiger partial charge >= 0.3 is 0 Å². The van der Waals surface area contributed by atoms with Crippen LogP contribution in [-0.2, 0) is 0 Å². The summed E-state index contributed by atoms with van der Waals surface area (Å²) in [4.78, 5) is 2.24. The molecule has 1 aliphatic carbocycles. The fourth-order valence-electron chi connectivity index (χ4n) is 1.15. The van der Waals surface area contributed by atoms with E-state index >= 15 is 0 Å². The van der Waals surface area contributed by atoms with Crippen molar-refractivity contribution in [2.24, 2.45) is 5.92 Å². The number of terminal acetylenes is 1. The quantitative estimate of drug-likeness (QED) is 0.469. The van der Waals surface area contributed by atoms with Gasteiger partial charge in [0.1, 0.15) is 0 Å². The van der Waals surface area contributed by atoms with Gasteiger partial charge in [0.25, 0.3) is 0 Å². The van der Waals surface area contributed by atoms with Crippen LogP contribution in [0.5, 0.6) is 0 Å². The van der Waals surface area contributed by atoms with E-state index in [1.54, 1.807) is 0 Å². The zero-order chi connectivity index (χ0) is 6.85. The molecule has 1 rings (SSSR count). The van der Waals surface area contributed by atoms with E-state index in [1.807, 2.05) is 0 Å². The van der Waals surface area contributed by atoms with Crippen molar-refractivity contribution in [3.63, 3.8) is 0 Å². The van der Waals surface area contributed by atoms with E-state index in [-0.39, 0.29) is 0 Å². The normalized spacial score (nSPS) is 33.6. The molecule has 0 bridgehead atoms. The van der Waals surface area contributed by atoms with E-state index in [1.165, 1.54) is 12.8 Å². The van der Waals surface area contributed by atoms with Crippen molar-refractivity contribution in [2.75, 3.05) is 14.1 Å². The molecule has 9 heavy (non-hydrogen) atoms. The summed E-state index contributed by atoms with van der Waals surface area (Å²) < 4.78 is 0. The Morgan fingerprint density at radius 3 is 2.33 bits per heavy atom. The van der Waals surface area contributed by atoms with Crippen LogP contribution in [0.3, 0.4) is 0 Å². The van der Waals surface area contributed by atoms with E-state index in [0.29, 0.717) is 5.92 Å². The van der Waals surface area contributed by atoms with Gasteiger partial charge in [0.15, 0.2) is 0 Å². The second-order valence-electron chi connectivity index (χ2n) is 2.95. The number of hydrogen-bond acceptors (Lipinski definition) is 1. The zero-order valence-corrected chi connectivity index (χ0v) is 6.09. The standard InChI is InChI=1S/C8H13N/c1-4-7-5-8(6-7)9(2)3/h1,7-8H,5-6H2,2-3H3. The summed E-state index contributed by atoms with van der Waals surface area (Å²) >= 11 is 0. The molecule has 50 valence electrons. The lowest BCUT2D eigenvalue weighted by Crippen LogP contribution is -2.39. The summed E-state index contributed by atoms with van der Waals surface area (Å²) in [7, 11) is 4.22. The summed E-state index contributed by atoms with van der Waals surface area (Å²) in [6.45, 7) is 0. The monoisotopic (exact) mass is 123 g/mol. The van der Waals surface area contributed by atoms with Gasteiger partial charge in [-0.3, -0.25) is 0 Å². The second kappa shape index (κ2) is 2.41. The Bertz CT molecular complexity index is 126. The summed E-state index contributed by atoms with van der Waals surface area (Å²) in [5.74, 6) is 3.33. The van der Waals surface area contributed by atoms with Crippen LogP contribution in [0.2, 0.25) is 0 Å². The number of hydrogen-bond donors (Lipinski definition) is 0. The Morgan fingerprint density at radius 1 is 1.44 bits per heavy atom. The van der Waals surface area contributed by atoms with Gasteiger partial charge in [-0.1, -0.05) is 0 Å². The van der Waals surface area contributed by atoms with E-state index < -0.39 is 0 Å². The minimum atomic E-state index is 0.567. The third kappa shape index (κ3) is 1.25. The molecule has 0 amide bonds. The fraction of sp³-hybridized carbons (Fsp3) is 0.750. The molecule has 0 aromatic heterocycles. The molecular weight excluding hydrogens is 110 g/mol. The molecule has 0 aliphatic heterocycles. The van der Waals surface area contributed by atoms with Gasteiger partial charge in [-0.15, -0.1) is 12.3 Å². The lowest BCUT2D eigenvalue weighted by Gasteiger charge is -2.36. The summed E-state index contributed by atoms with van der Waals surface area (Å²) in [6, 6.07) is 0.756. The highest BCUT2D eigenvalue weighted by Gasteiger charge is 2.28. The molecule has 0 heterocycles. The fourth-order valence-corrected chi connectivity index (χ4v) is 1.15. The Hall–Kier alpha value is -0.480. The molecule has 1 nitrogen and oxygen atoms in total. The lowest BCUT2D eigenvalue weighted by molar-refractivity contribution is 0.156. The third-order valence-electron chi connectivity index (χ3n) is 2.08. The van der Waals surface area contributed by atoms with Crippen LogP contribution in [-0.4, -0.2) is 25.0 Å². The molecule has 0 aromatic carbocycles. The summed E-state index contributed by atoms with van der Waals surface area (Å²) in [5.41, 5.74) is 0. The molecule has 0 saturated heterocycles. The van der Waals surface area contributed by atoms with Gasteiger partial charge < -0.3 is 4.90 Å². The predicted octanol–water partition coefficient (Wildman–Crippen LogP) is 0.960. The smallest absolute Gasteiger partial charge is 0.0230 e. The zero-order valence-electron chi connectivity index (χ0n) is 6.09. The van der Waals surface area contributed by atoms with Crippen molar-refractivity contribution in [3.05, 3.63) is 0 Å². The van der Waals surface area contributed by atoms with E-state index in [9.17, 15) is 0 Å². The first kappa shape index (κ1) is 6.64. The van der Waals surface area contributed by atoms with Gasteiger partial charge in [-0.05, 0) is 26.9 Å². The van der Waals surface area contributed by atoms with Crippen LogP contribution in [0, 0.1) is 18.3 Å². The van der Waals surface area contributed by atoms with Gasteiger partial charge in [0.05, 0.1) is 0 Å². The molecule has 0 radical (unpaired) electrons. The van der Waals surface area contributed by atoms with Crippen LogP contribution in [0.25, 0.3) is 0 Å². The molecule has 1 heteroatoms. The predicted molar refractivity (Wildman–Crippen MR) is 39.0 cm³/mol. The molecule has 0 N–H and O–H groups in total. The maximum atomic E-state index is 5.23. The van der Waals surface area contributed by atoms with Crippen molar-refractivity contribution in [2.45, 2.75) is 18.9 Å². The Balaban J connectivity index is 2.21. The van der Waals surface area contributed by atoms with Gasteiger partial charge in [-0.2, -0.15) is 0 Å². The summed E-state index contributed by atoms with van der Waals surface area (Å²) in [5, 5.41) is 0. The van der Waals surface area contributed by atoms with Gasteiger partial charge in [0, 0.05) is 12.0 Å². The second-order valence-corrected chi connectivity index (χ2v) is 2.95. The van der Waals surface area contributed by atoms with Crippen molar-refractivity contribution >= 4 is 0 Å². The molecular formula is C8H13N. The number of rotatable bonds is 1. The van der Waals surface area contributed by atoms with E-state index in [0.717, 1.165) is 6.04 Å². The minimum absolute atomic E-state index is 0.567. The van der Waals surface area contributed by atoms with E-state index in [2.05, 4.69) is 24.9 Å². The van der Waals surface area contributed by atoms with Crippen LogP contribution in [0.1, 0.15) is 12.8 Å². The average Bonchev–Trinajstić information content (AvgIpc) is 1.61. The lowest BCUT2D eigenvalue weighted by atomic mass is 9.80. The Labute approximate surface area is 57.0 Å². The maximum Gasteiger partial charge on any atom is 0.0230 e. The van der Waals surface area contributed by atoms with Crippen molar-refractivity contribution in [3.8, 4) is 12.3 Å². The van der Waals surface area contributed by atoms with Crippen LogP contribution in [0.15, 0.2) is 0 Å². The molecule has 1 aliphatic rings. The van der Waals surface area contributed by atoms with Gasteiger partial charge in [0.2, 0.25) is 0 Å². The first-order chi connectivity index (χ1) is 4.24. The van der Waals surface area contributed by atoms with Crippen molar-refractivity contribution < 1.29 is 0 Å². The Kier molecular flexibility index (Phi) is 1.78. The molecule has 1 saturated carbocycles. The Morgan fingerprint density at radius 2 is 2.00 bits per heavy atom. The SMILES string of the molecule is C#CC1CC(N(C)C)C1. The first-order valence-electron chi connectivity index (χ1n) is 3.36. The highest BCUT2D eigenvalue weighted by Crippen LogP contribution is 2.29. The molecule has 0 atom stereocenters. The van der Waals surface area contributed by atoms with Gasteiger partial charge in [-0.25, -0.2) is 0 Å². The minimum Gasteiger partial charge on any atom is -0.306 e. The largest absolute Gasteiger partial charge is 0.306 e. The average molecular weight is 123 g/mol. The summed E-state index contributed by atoms with van der Waals surface area (Å²) in [6.07, 6.45) is 7.62. The molecule has 0 aromatic rings. The first-order valence-corrected chi connectivity index (χ1v) is 3.36. The number of nitrogens with zero attached hydrogens (tertiary/aromatic N) is 1. The van der Waals surface area contributed by atoms with Crippen molar-refractivity contribution in [1.82, 2.24) is 4.90 Å². The molecule has 0 spiro atoms. The molecule has 1 fully saturated rings. The van der Waals surface area contributed by atoms with E-state index in [4.69, 9.17) is 6.42 Å². The highest BCUT2D eigenvalue weighted by atomic mass is 15.1. The van der Waals surface area contributed by atoms with Crippen LogP contribution >= 0.6 is 0 Å². The van der Waals surface area contributed by atoms with Crippen LogP contribution < -0.4 is 0 Å². The van der Waals surface area contributed by atoms with Crippen LogP contribution in [0.4, 0.5) is 0 Å². The molecule has 0 unspecified atom stereocenters. The topological polar surface area (TPSA) is 3.24 Å². The maximum absolute atomic E-state index is 5.23.